The molecule has 2 N–H and O–H groups in total. The van der Waals surface area contributed by atoms with E-state index in [0.717, 1.165) is 17.4 Å². The molecule has 5 heteroatoms. The Morgan fingerprint density at radius 1 is 1.47 bits per heavy atom. The predicted octanol–water partition coefficient (Wildman–Crippen LogP) is 2.20. The highest BCUT2D eigenvalue weighted by Crippen LogP contribution is 2.25. The molecule has 2 rings (SSSR count). The van der Waals surface area contributed by atoms with Crippen molar-refractivity contribution in [1.82, 2.24) is 9.97 Å². The Bertz CT molecular complexity index is 338. The van der Waals surface area contributed by atoms with Gasteiger partial charge in [0.15, 0.2) is 0 Å². The number of thioether (sulfide) groups is 1. The summed E-state index contributed by atoms with van der Waals surface area (Å²) in [7, 11) is 0. The third-order valence-corrected chi connectivity index (χ3v) is 2.80. The van der Waals surface area contributed by atoms with Crippen LogP contribution in [-0.2, 0) is 0 Å². The van der Waals surface area contributed by atoms with Crippen molar-refractivity contribution in [3.05, 3.63) is 6.07 Å². The van der Waals surface area contributed by atoms with Crippen LogP contribution in [0.1, 0.15) is 19.8 Å². The van der Waals surface area contributed by atoms with Crippen LogP contribution in [0.25, 0.3) is 0 Å². The number of aromatic nitrogens is 2. The molecular weight excluding hydrogens is 208 g/mol. The SMILES string of the molecule is CCNc1nc(NC2CC2)cc(SC)n1. The first-order valence-electron chi connectivity index (χ1n) is 5.25. The lowest BCUT2D eigenvalue weighted by Gasteiger charge is -2.08. The summed E-state index contributed by atoms with van der Waals surface area (Å²) in [5.41, 5.74) is 0. The van der Waals surface area contributed by atoms with Gasteiger partial charge in [0, 0.05) is 18.7 Å². The maximum absolute atomic E-state index is 4.40. The molecule has 1 saturated carbocycles. The van der Waals surface area contributed by atoms with Crippen LogP contribution in [0.2, 0.25) is 0 Å². The van der Waals surface area contributed by atoms with Crippen LogP contribution in [0, 0.1) is 0 Å². The molecule has 1 aliphatic carbocycles. The minimum Gasteiger partial charge on any atom is -0.367 e. The number of hydrogen-bond acceptors (Lipinski definition) is 5. The molecule has 0 aliphatic heterocycles. The lowest BCUT2D eigenvalue weighted by Crippen LogP contribution is -2.08. The summed E-state index contributed by atoms with van der Waals surface area (Å²) in [4.78, 5) is 8.77. The van der Waals surface area contributed by atoms with Crippen molar-refractivity contribution in [2.24, 2.45) is 0 Å². The number of nitrogens with zero attached hydrogens (tertiary/aromatic N) is 2. The average molecular weight is 224 g/mol. The second-order valence-corrected chi connectivity index (χ2v) is 4.39. The molecule has 15 heavy (non-hydrogen) atoms. The third kappa shape index (κ3) is 2.99. The molecule has 0 spiro atoms. The van der Waals surface area contributed by atoms with Crippen molar-refractivity contribution < 1.29 is 0 Å². The first-order valence-corrected chi connectivity index (χ1v) is 6.47. The lowest BCUT2D eigenvalue weighted by atomic mass is 10.5. The lowest BCUT2D eigenvalue weighted by molar-refractivity contribution is 0.998. The number of rotatable bonds is 5. The van der Waals surface area contributed by atoms with Crippen LogP contribution in [0.4, 0.5) is 11.8 Å². The summed E-state index contributed by atoms with van der Waals surface area (Å²) in [5.74, 6) is 1.65. The largest absolute Gasteiger partial charge is 0.367 e. The van der Waals surface area contributed by atoms with E-state index in [9.17, 15) is 0 Å². The molecule has 1 heterocycles. The van der Waals surface area contributed by atoms with Gasteiger partial charge in [-0.05, 0) is 26.0 Å². The van der Waals surface area contributed by atoms with Crippen LogP contribution < -0.4 is 10.6 Å². The van der Waals surface area contributed by atoms with E-state index in [-0.39, 0.29) is 0 Å². The van der Waals surface area contributed by atoms with E-state index in [0.29, 0.717) is 12.0 Å². The van der Waals surface area contributed by atoms with Gasteiger partial charge in [-0.15, -0.1) is 11.8 Å². The maximum atomic E-state index is 4.40. The second-order valence-electron chi connectivity index (χ2n) is 3.57. The van der Waals surface area contributed by atoms with Crippen LogP contribution in [-0.4, -0.2) is 28.8 Å². The van der Waals surface area contributed by atoms with E-state index < -0.39 is 0 Å². The van der Waals surface area contributed by atoms with E-state index in [1.807, 2.05) is 19.2 Å². The molecule has 82 valence electrons. The van der Waals surface area contributed by atoms with Crippen molar-refractivity contribution >= 4 is 23.5 Å². The molecule has 1 aliphatic rings. The molecule has 0 bridgehead atoms. The maximum Gasteiger partial charge on any atom is 0.225 e. The highest BCUT2D eigenvalue weighted by atomic mass is 32.2. The third-order valence-electron chi connectivity index (χ3n) is 2.18. The van der Waals surface area contributed by atoms with E-state index in [2.05, 4.69) is 20.6 Å². The average Bonchev–Trinajstić information content (AvgIpc) is 3.02. The Hall–Kier alpha value is -0.970. The van der Waals surface area contributed by atoms with Crippen molar-refractivity contribution in [3.63, 3.8) is 0 Å². The molecule has 0 radical (unpaired) electrons. The molecule has 1 aromatic rings. The Morgan fingerprint density at radius 2 is 2.27 bits per heavy atom. The van der Waals surface area contributed by atoms with Gasteiger partial charge in [-0.3, -0.25) is 0 Å². The van der Waals surface area contributed by atoms with Gasteiger partial charge in [0.25, 0.3) is 0 Å². The second kappa shape index (κ2) is 4.70. The van der Waals surface area contributed by atoms with Gasteiger partial charge in [-0.25, -0.2) is 4.98 Å². The number of nitrogens with one attached hydrogen (secondary N) is 2. The van der Waals surface area contributed by atoms with Gasteiger partial charge < -0.3 is 10.6 Å². The van der Waals surface area contributed by atoms with E-state index in [1.165, 1.54) is 12.8 Å². The molecule has 0 atom stereocenters. The Labute approximate surface area is 94.3 Å². The molecule has 1 fully saturated rings. The van der Waals surface area contributed by atoms with Crippen molar-refractivity contribution in [2.45, 2.75) is 30.8 Å². The standard InChI is InChI=1S/C10H16N4S/c1-3-11-10-13-8(12-7-4-5-7)6-9(14-10)15-2/h6-7H,3-5H2,1-2H3,(H2,11,12,13,14). The van der Waals surface area contributed by atoms with Crippen LogP contribution in [0.15, 0.2) is 11.1 Å². The van der Waals surface area contributed by atoms with E-state index >= 15 is 0 Å². The molecule has 0 unspecified atom stereocenters. The zero-order valence-electron chi connectivity index (χ0n) is 9.08. The molecular formula is C10H16N4S. The highest BCUT2D eigenvalue weighted by molar-refractivity contribution is 7.98. The predicted molar refractivity (Wildman–Crippen MR) is 64.6 cm³/mol. The normalized spacial score (nSPS) is 15.1. The highest BCUT2D eigenvalue weighted by Gasteiger charge is 2.21. The van der Waals surface area contributed by atoms with Crippen molar-refractivity contribution in [1.29, 1.82) is 0 Å². The van der Waals surface area contributed by atoms with E-state index in [4.69, 9.17) is 0 Å². The fourth-order valence-electron chi connectivity index (χ4n) is 1.28. The summed E-state index contributed by atoms with van der Waals surface area (Å²) >= 11 is 1.64. The fourth-order valence-corrected chi connectivity index (χ4v) is 1.68. The van der Waals surface area contributed by atoms with Gasteiger partial charge in [-0.2, -0.15) is 4.98 Å². The quantitative estimate of drug-likeness (QED) is 0.593. The minimum absolute atomic E-state index is 0.629. The summed E-state index contributed by atoms with van der Waals surface area (Å²) in [6, 6.07) is 2.63. The molecule has 0 amide bonds. The van der Waals surface area contributed by atoms with Gasteiger partial charge in [0.05, 0.1) is 0 Å². The molecule has 0 saturated heterocycles. The topological polar surface area (TPSA) is 49.8 Å². The van der Waals surface area contributed by atoms with Gasteiger partial charge in [-0.1, -0.05) is 0 Å². The van der Waals surface area contributed by atoms with E-state index in [1.54, 1.807) is 11.8 Å². The van der Waals surface area contributed by atoms with Gasteiger partial charge in [0.1, 0.15) is 10.8 Å². The summed E-state index contributed by atoms with van der Waals surface area (Å²) in [5, 5.41) is 7.53. The first-order chi connectivity index (χ1) is 7.31. The van der Waals surface area contributed by atoms with Crippen LogP contribution in [0.3, 0.4) is 0 Å². The summed E-state index contributed by atoms with van der Waals surface area (Å²) in [6.07, 6.45) is 4.54. The smallest absolute Gasteiger partial charge is 0.225 e. The van der Waals surface area contributed by atoms with Gasteiger partial charge >= 0.3 is 0 Å². The van der Waals surface area contributed by atoms with Crippen LogP contribution in [0.5, 0.6) is 0 Å². The zero-order valence-corrected chi connectivity index (χ0v) is 9.90. The van der Waals surface area contributed by atoms with Crippen molar-refractivity contribution in [2.75, 3.05) is 23.4 Å². The molecule has 4 nitrogen and oxygen atoms in total. The Kier molecular flexibility index (Phi) is 3.30. The van der Waals surface area contributed by atoms with Gasteiger partial charge in [0.2, 0.25) is 5.95 Å². The zero-order chi connectivity index (χ0) is 10.7. The Morgan fingerprint density at radius 3 is 2.87 bits per heavy atom. The number of anilines is 2. The Balaban J connectivity index is 2.15. The summed E-state index contributed by atoms with van der Waals surface area (Å²) < 4.78 is 0. The monoisotopic (exact) mass is 224 g/mol. The first kappa shape index (κ1) is 10.5. The summed E-state index contributed by atoms with van der Waals surface area (Å²) in [6.45, 7) is 2.89. The van der Waals surface area contributed by atoms with Crippen LogP contribution >= 0.6 is 11.8 Å². The molecule has 1 aromatic heterocycles. The molecule has 0 aromatic carbocycles. The van der Waals surface area contributed by atoms with Crippen molar-refractivity contribution in [3.8, 4) is 0 Å². The fraction of sp³-hybridized carbons (Fsp3) is 0.600. The number of hydrogen-bond donors (Lipinski definition) is 2. The minimum atomic E-state index is 0.629.